The number of anilines is 1. The van der Waals surface area contributed by atoms with Crippen molar-refractivity contribution in [1.82, 2.24) is 9.80 Å². The van der Waals surface area contributed by atoms with Crippen LogP contribution in [-0.4, -0.2) is 66.5 Å². The van der Waals surface area contributed by atoms with Gasteiger partial charge in [0, 0.05) is 30.7 Å². The maximum atomic E-state index is 12.3. The molecule has 0 aliphatic carbocycles. The van der Waals surface area contributed by atoms with Crippen LogP contribution in [-0.2, 0) is 9.53 Å². The SMILES string of the molecule is CN(CC(=O)N1CCOCC1)C(=S)Nc1ccc(SC(F)F)cc1. The number of nitrogens with one attached hydrogen (secondary N) is 1. The molecule has 1 saturated heterocycles. The molecule has 0 atom stereocenters. The number of benzene rings is 1. The fraction of sp³-hybridized carbons (Fsp3) is 0.467. The van der Waals surface area contributed by atoms with Crippen LogP contribution in [0.2, 0.25) is 0 Å². The van der Waals surface area contributed by atoms with Crippen LogP contribution in [0.1, 0.15) is 0 Å². The standard InChI is InChI=1S/C15H19F2N3O2S2/c1-19(10-13(21)20-6-8-22-9-7-20)15(23)18-11-2-4-12(5-3-11)24-14(16)17/h2-5,14H,6-10H2,1H3,(H,18,23). The van der Waals surface area contributed by atoms with Crippen LogP contribution in [0.15, 0.2) is 29.2 Å². The number of likely N-dealkylation sites (N-methyl/N-ethyl adjacent to an activating group) is 1. The number of thiocarbonyl (C=S) groups is 1. The Kier molecular flexibility index (Phi) is 7.19. The summed E-state index contributed by atoms with van der Waals surface area (Å²) in [5.74, 6) is -2.45. The first-order valence-electron chi connectivity index (χ1n) is 7.38. The lowest BCUT2D eigenvalue weighted by molar-refractivity contribution is -0.135. The number of amides is 1. The van der Waals surface area contributed by atoms with Gasteiger partial charge < -0.3 is 19.9 Å². The minimum atomic E-state index is -2.44. The van der Waals surface area contributed by atoms with Gasteiger partial charge in [0.05, 0.1) is 19.8 Å². The fourth-order valence-electron chi connectivity index (χ4n) is 2.13. The number of hydrogen-bond donors (Lipinski definition) is 1. The second-order valence-corrected chi connectivity index (χ2v) is 6.63. The topological polar surface area (TPSA) is 44.8 Å². The number of thioether (sulfide) groups is 1. The quantitative estimate of drug-likeness (QED) is 0.630. The van der Waals surface area contributed by atoms with E-state index in [1.54, 1.807) is 41.1 Å². The minimum absolute atomic E-state index is 0.00590. The molecule has 0 unspecified atom stereocenters. The number of ether oxygens (including phenoxy) is 1. The summed E-state index contributed by atoms with van der Waals surface area (Å²) in [5, 5.41) is 3.39. The maximum Gasteiger partial charge on any atom is 0.288 e. The average Bonchev–Trinajstić information content (AvgIpc) is 2.56. The maximum absolute atomic E-state index is 12.3. The van der Waals surface area contributed by atoms with Crippen molar-refractivity contribution in [3.05, 3.63) is 24.3 Å². The smallest absolute Gasteiger partial charge is 0.288 e. The Morgan fingerprint density at radius 2 is 2.00 bits per heavy atom. The molecule has 0 saturated carbocycles. The zero-order chi connectivity index (χ0) is 17.5. The van der Waals surface area contributed by atoms with E-state index in [1.165, 1.54) is 0 Å². The molecule has 0 radical (unpaired) electrons. The van der Waals surface area contributed by atoms with E-state index in [-0.39, 0.29) is 12.5 Å². The van der Waals surface area contributed by atoms with Gasteiger partial charge in [-0.05, 0) is 36.5 Å². The van der Waals surface area contributed by atoms with Gasteiger partial charge in [-0.2, -0.15) is 8.78 Å². The monoisotopic (exact) mass is 375 g/mol. The molecule has 2 rings (SSSR count). The predicted molar refractivity (Wildman–Crippen MR) is 94.6 cm³/mol. The number of hydrogen-bond acceptors (Lipinski definition) is 4. The molecule has 1 N–H and O–H groups in total. The number of carbonyl (C=O) groups excluding carboxylic acids is 1. The number of alkyl halides is 2. The van der Waals surface area contributed by atoms with Crippen molar-refractivity contribution in [2.75, 3.05) is 45.2 Å². The van der Waals surface area contributed by atoms with Crippen molar-refractivity contribution in [2.45, 2.75) is 10.7 Å². The third-order valence-electron chi connectivity index (χ3n) is 3.41. The van der Waals surface area contributed by atoms with E-state index in [1.807, 2.05) is 0 Å². The van der Waals surface area contributed by atoms with Crippen LogP contribution in [0, 0.1) is 0 Å². The Balaban J connectivity index is 1.83. The number of halogens is 2. The van der Waals surface area contributed by atoms with E-state index in [0.29, 0.717) is 53.8 Å². The Morgan fingerprint density at radius 1 is 1.38 bits per heavy atom. The van der Waals surface area contributed by atoms with Gasteiger partial charge >= 0.3 is 0 Å². The molecule has 5 nitrogen and oxygen atoms in total. The molecule has 0 spiro atoms. The molecule has 0 aromatic heterocycles. The van der Waals surface area contributed by atoms with E-state index in [2.05, 4.69) is 5.32 Å². The van der Waals surface area contributed by atoms with Gasteiger partial charge in [0.15, 0.2) is 5.11 Å². The second-order valence-electron chi connectivity index (χ2n) is 5.18. The summed E-state index contributed by atoms with van der Waals surface area (Å²) in [6, 6.07) is 6.55. The zero-order valence-corrected chi connectivity index (χ0v) is 14.8. The number of morpholine rings is 1. The summed E-state index contributed by atoms with van der Waals surface area (Å²) in [5.41, 5.74) is 0.685. The third kappa shape index (κ3) is 5.88. The summed E-state index contributed by atoms with van der Waals surface area (Å²) in [7, 11) is 1.73. The highest BCUT2D eigenvalue weighted by atomic mass is 32.2. The Morgan fingerprint density at radius 3 is 2.58 bits per heavy atom. The first-order chi connectivity index (χ1) is 11.5. The highest BCUT2D eigenvalue weighted by molar-refractivity contribution is 7.99. The summed E-state index contributed by atoms with van der Waals surface area (Å²) >= 11 is 5.77. The van der Waals surface area contributed by atoms with Gasteiger partial charge in [-0.1, -0.05) is 11.8 Å². The van der Waals surface area contributed by atoms with Crippen molar-refractivity contribution in [3.8, 4) is 0 Å². The Labute approximate surface area is 149 Å². The van der Waals surface area contributed by atoms with Crippen molar-refractivity contribution in [1.29, 1.82) is 0 Å². The molecule has 132 valence electrons. The molecule has 0 bridgehead atoms. The van der Waals surface area contributed by atoms with Crippen LogP contribution >= 0.6 is 24.0 Å². The lowest BCUT2D eigenvalue weighted by Crippen LogP contribution is -2.46. The zero-order valence-electron chi connectivity index (χ0n) is 13.2. The van der Waals surface area contributed by atoms with E-state index in [4.69, 9.17) is 17.0 Å². The van der Waals surface area contributed by atoms with Crippen LogP contribution in [0.4, 0.5) is 14.5 Å². The van der Waals surface area contributed by atoms with Gasteiger partial charge in [0.2, 0.25) is 5.91 Å². The Hall–Kier alpha value is -1.45. The lowest BCUT2D eigenvalue weighted by atomic mass is 10.3. The summed E-state index contributed by atoms with van der Waals surface area (Å²) in [6.07, 6.45) is 0. The van der Waals surface area contributed by atoms with Gasteiger partial charge in [-0.3, -0.25) is 4.79 Å². The van der Waals surface area contributed by atoms with E-state index < -0.39 is 5.76 Å². The van der Waals surface area contributed by atoms with Crippen molar-refractivity contribution >= 4 is 40.7 Å². The molecular formula is C15H19F2N3O2S2. The molecule has 1 aromatic carbocycles. The van der Waals surface area contributed by atoms with Gasteiger partial charge in [0.25, 0.3) is 5.76 Å². The van der Waals surface area contributed by atoms with Crippen molar-refractivity contribution in [2.24, 2.45) is 0 Å². The average molecular weight is 375 g/mol. The molecule has 9 heteroatoms. The summed E-state index contributed by atoms with van der Waals surface area (Å²) in [6.45, 7) is 2.47. The minimum Gasteiger partial charge on any atom is -0.378 e. The van der Waals surface area contributed by atoms with Crippen LogP contribution in [0.25, 0.3) is 0 Å². The molecule has 1 heterocycles. The number of nitrogens with zero attached hydrogens (tertiary/aromatic N) is 2. The highest BCUT2D eigenvalue weighted by Crippen LogP contribution is 2.26. The summed E-state index contributed by atoms with van der Waals surface area (Å²) in [4.78, 5) is 16.1. The molecular weight excluding hydrogens is 356 g/mol. The normalized spacial score (nSPS) is 14.6. The molecule has 1 fully saturated rings. The molecule has 1 aliphatic rings. The van der Waals surface area contributed by atoms with Gasteiger partial charge in [0.1, 0.15) is 0 Å². The van der Waals surface area contributed by atoms with Crippen LogP contribution in [0.5, 0.6) is 0 Å². The second kappa shape index (κ2) is 9.14. The van der Waals surface area contributed by atoms with Crippen molar-refractivity contribution in [3.63, 3.8) is 0 Å². The van der Waals surface area contributed by atoms with Crippen LogP contribution < -0.4 is 5.32 Å². The first-order valence-corrected chi connectivity index (χ1v) is 8.67. The fourth-order valence-corrected chi connectivity index (χ4v) is 2.81. The predicted octanol–water partition coefficient (Wildman–Crippen LogP) is 2.49. The van der Waals surface area contributed by atoms with E-state index >= 15 is 0 Å². The molecule has 24 heavy (non-hydrogen) atoms. The number of carbonyl (C=O) groups is 1. The van der Waals surface area contributed by atoms with E-state index in [0.717, 1.165) is 0 Å². The van der Waals surface area contributed by atoms with Gasteiger partial charge in [-0.25, -0.2) is 0 Å². The van der Waals surface area contributed by atoms with Crippen molar-refractivity contribution < 1.29 is 18.3 Å². The largest absolute Gasteiger partial charge is 0.378 e. The van der Waals surface area contributed by atoms with Crippen LogP contribution in [0.3, 0.4) is 0 Å². The Bertz CT molecular complexity index is 566. The van der Waals surface area contributed by atoms with E-state index in [9.17, 15) is 13.6 Å². The molecule has 1 amide bonds. The van der Waals surface area contributed by atoms with Gasteiger partial charge in [-0.15, -0.1) is 0 Å². The lowest BCUT2D eigenvalue weighted by Gasteiger charge is -2.29. The first kappa shape index (κ1) is 18.9. The molecule has 1 aliphatic heterocycles. The highest BCUT2D eigenvalue weighted by Gasteiger charge is 2.19. The third-order valence-corrected chi connectivity index (χ3v) is 4.55. The summed E-state index contributed by atoms with van der Waals surface area (Å²) < 4.78 is 29.8. The molecule has 1 aromatic rings. The number of rotatable bonds is 5.